The zero-order chi connectivity index (χ0) is 24.0. The first-order chi connectivity index (χ1) is 14.4. The Morgan fingerprint density at radius 2 is 1.03 bits per heavy atom. The average Bonchev–Trinajstić information content (AvgIpc) is 2.67. The highest BCUT2D eigenvalue weighted by Gasteiger charge is 2.27. The van der Waals surface area contributed by atoms with Crippen LogP contribution in [0.15, 0.2) is 9.98 Å². The minimum Gasteiger partial charge on any atom is -0.392 e. The molecule has 14 N–H and O–H groups in total. The van der Waals surface area contributed by atoms with Crippen LogP contribution in [0.2, 0.25) is 0 Å². The number of nitrogens with two attached hydrogens (primary N) is 7. The SMILES string of the molecule is NC(N)=NCCC[C@H](N)C(=O)OC(=O)C[C@H](N)C(=O)OC(=O)[C@@H](N)CCCN=C(N)N. The van der Waals surface area contributed by atoms with Crippen molar-refractivity contribution in [2.75, 3.05) is 13.1 Å². The van der Waals surface area contributed by atoms with Crippen molar-refractivity contribution in [3.63, 3.8) is 0 Å². The average molecular weight is 445 g/mol. The molecule has 0 spiro atoms. The fourth-order valence-corrected chi connectivity index (χ4v) is 2.02. The molecule has 0 aliphatic rings. The van der Waals surface area contributed by atoms with Gasteiger partial charge < -0.3 is 49.6 Å². The molecule has 15 nitrogen and oxygen atoms in total. The number of esters is 4. The molecule has 176 valence electrons. The van der Waals surface area contributed by atoms with Crippen LogP contribution in [0.4, 0.5) is 0 Å². The summed E-state index contributed by atoms with van der Waals surface area (Å²) in [5.74, 6) is -4.54. The van der Waals surface area contributed by atoms with Crippen molar-refractivity contribution in [1.82, 2.24) is 0 Å². The number of nitrogens with zero attached hydrogens (tertiary/aromatic N) is 2. The van der Waals surface area contributed by atoms with Crippen LogP contribution >= 0.6 is 0 Å². The smallest absolute Gasteiger partial charge is 0.331 e. The van der Waals surface area contributed by atoms with Crippen LogP contribution in [0.1, 0.15) is 32.1 Å². The van der Waals surface area contributed by atoms with E-state index in [1.54, 1.807) is 0 Å². The lowest BCUT2D eigenvalue weighted by atomic mass is 10.1. The van der Waals surface area contributed by atoms with Gasteiger partial charge in [-0.2, -0.15) is 0 Å². The van der Waals surface area contributed by atoms with Gasteiger partial charge in [0.05, 0.1) is 6.42 Å². The second-order valence-corrected chi connectivity index (χ2v) is 6.45. The number of ether oxygens (including phenoxy) is 2. The molecule has 0 rings (SSSR count). The third-order valence-corrected chi connectivity index (χ3v) is 3.65. The number of carbonyl (C=O) groups is 4. The molecule has 0 radical (unpaired) electrons. The van der Waals surface area contributed by atoms with Crippen molar-refractivity contribution in [1.29, 1.82) is 0 Å². The monoisotopic (exact) mass is 445 g/mol. The normalized spacial score (nSPS) is 13.3. The minimum atomic E-state index is -1.55. The molecule has 15 heteroatoms. The quantitative estimate of drug-likeness (QED) is 0.0463. The second kappa shape index (κ2) is 14.6. The number of hydrogen-bond acceptors (Lipinski definition) is 11. The predicted octanol–water partition coefficient (Wildman–Crippen LogP) is -4.39. The summed E-state index contributed by atoms with van der Waals surface area (Å²) in [6.45, 7) is 0.492. The van der Waals surface area contributed by atoms with E-state index >= 15 is 0 Å². The molecule has 0 aliphatic heterocycles. The van der Waals surface area contributed by atoms with E-state index in [0.29, 0.717) is 12.8 Å². The lowest BCUT2D eigenvalue weighted by molar-refractivity contribution is -0.167. The summed E-state index contributed by atoms with van der Waals surface area (Å²) in [4.78, 5) is 54.6. The molecule has 0 aromatic rings. The maximum Gasteiger partial charge on any atom is 0.331 e. The van der Waals surface area contributed by atoms with Gasteiger partial charge in [-0.15, -0.1) is 0 Å². The molecule has 31 heavy (non-hydrogen) atoms. The first-order valence-corrected chi connectivity index (χ1v) is 9.31. The number of hydrogen-bond donors (Lipinski definition) is 7. The Bertz CT molecular complexity index is 689. The molecule has 0 saturated carbocycles. The second-order valence-electron chi connectivity index (χ2n) is 6.45. The molecule has 0 bridgehead atoms. The molecule has 0 unspecified atom stereocenters. The number of aliphatic imine (C=N–C) groups is 2. The Kier molecular flexibility index (Phi) is 13.1. The minimum absolute atomic E-state index is 0.0995. The van der Waals surface area contributed by atoms with Crippen molar-refractivity contribution in [3.8, 4) is 0 Å². The highest BCUT2D eigenvalue weighted by atomic mass is 16.6. The summed E-state index contributed by atoms with van der Waals surface area (Å²) < 4.78 is 9.06. The Balaban J connectivity index is 4.32. The summed E-state index contributed by atoms with van der Waals surface area (Å²) in [6, 6.07) is -3.76. The van der Waals surface area contributed by atoms with E-state index < -0.39 is 48.4 Å². The van der Waals surface area contributed by atoms with Crippen LogP contribution in [0, 0.1) is 0 Å². The van der Waals surface area contributed by atoms with E-state index in [1.807, 2.05) is 0 Å². The first kappa shape index (κ1) is 27.7. The standard InChI is InChI=1S/C16H31N9O6/c17-8(3-1-5-24-15(20)21)12(27)30-11(26)7-10(19)14(29)31-13(28)9(18)4-2-6-25-16(22)23/h8-10H,1-7,17-19H2,(H4,20,21,24)(H4,22,23,25)/t8-,9-,10-/m0/s1. The summed E-state index contributed by atoms with van der Waals surface area (Å²) in [5.41, 5.74) is 37.3. The topological polar surface area (TPSA) is 294 Å². The molecule has 0 saturated heterocycles. The number of rotatable bonds is 13. The number of guanidine groups is 2. The van der Waals surface area contributed by atoms with Crippen molar-refractivity contribution >= 4 is 35.8 Å². The molecule has 0 heterocycles. The van der Waals surface area contributed by atoms with Gasteiger partial charge in [0.25, 0.3) is 0 Å². The maximum absolute atomic E-state index is 11.8. The zero-order valence-corrected chi connectivity index (χ0v) is 17.1. The van der Waals surface area contributed by atoms with E-state index in [-0.39, 0.29) is 37.9 Å². The van der Waals surface area contributed by atoms with Gasteiger partial charge in [-0.25, -0.2) is 14.4 Å². The van der Waals surface area contributed by atoms with Crippen LogP contribution in [0.3, 0.4) is 0 Å². The van der Waals surface area contributed by atoms with E-state index in [1.165, 1.54) is 0 Å². The zero-order valence-electron chi connectivity index (χ0n) is 17.1. The third kappa shape index (κ3) is 13.5. The molecule has 0 aromatic carbocycles. The van der Waals surface area contributed by atoms with Crippen molar-refractivity contribution in [3.05, 3.63) is 0 Å². The fraction of sp³-hybridized carbons (Fsp3) is 0.625. The summed E-state index contributed by atoms with van der Waals surface area (Å²) in [5, 5.41) is 0. The highest BCUT2D eigenvalue weighted by molar-refractivity contribution is 5.94. The van der Waals surface area contributed by atoms with Gasteiger partial charge >= 0.3 is 23.9 Å². The van der Waals surface area contributed by atoms with E-state index in [2.05, 4.69) is 19.5 Å². The Morgan fingerprint density at radius 1 is 0.645 bits per heavy atom. The largest absolute Gasteiger partial charge is 0.392 e. The molecule has 0 aliphatic carbocycles. The highest BCUT2D eigenvalue weighted by Crippen LogP contribution is 2.03. The summed E-state index contributed by atoms with van der Waals surface area (Å²) in [6.07, 6.45) is 0.345. The van der Waals surface area contributed by atoms with Gasteiger partial charge in [0.15, 0.2) is 11.9 Å². The molecule has 0 aromatic heterocycles. The molecule has 0 fully saturated rings. The van der Waals surface area contributed by atoms with Crippen molar-refractivity contribution in [2.45, 2.75) is 50.2 Å². The number of carbonyl (C=O) groups excluding carboxylic acids is 4. The van der Waals surface area contributed by atoms with Crippen LogP contribution in [0.25, 0.3) is 0 Å². The lowest BCUT2D eigenvalue weighted by Crippen LogP contribution is -2.41. The maximum atomic E-state index is 11.8. The van der Waals surface area contributed by atoms with Gasteiger partial charge in [-0.1, -0.05) is 0 Å². The Morgan fingerprint density at radius 3 is 1.45 bits per heavy atom. The van der Waals surface area contributed by atoms with Gasteiger partial charge in [0, 0.05) is 13.1 Å². The Labute approximate surface area is 178 Å². The predicted molar refractivity (Wildman–Crippen MR) is 111 cm³/mol. The lowest BCUT2D eigenvalue weighted by Gasteiger charge is -2.13. The Hall–Kier alpha value is -3.30. The van der Waals surface area contributed by atoms with Gasteiger partial charge in [0.1, 0.15) is 18.1 Å². The van der Waals surface area contributed by atoms with Crippen LogP contribution in [-0.2, 0) is 28.7 Å². The summed E-state index contributed by atoms with van der Waals surface area (Å²) >= 11 is 0. The molecule has 0 amide bonds. The van der Waals surface area contributed by atoms with Gasteiger partial charge in [-0.05, 0) is 25.7 Å². The van der Waals surface area contributed by atoms with Crippen LogP contribution in [0.5, 0.6) is 0 Å². The fourth-order valence-electron chi connectivity index (χ4n) is 2.02. The molecule has 3 atom stereocenters. The molecular weight excluding hydrogens is 414 g/mol. The first-order valence-electron chi connectivity index (χ1n) is 9.31. The van der Waals surface area contributed by atoms with E-state index in [0.717, 1.165) is 0 Å². The van der Waals surface area contributed by atoms with Crippen molar-refractivity contribution < 1.29 is 28.7 Å². The summed E-state index contributed by atoms with van der Waals surface area (Å²) in [7, 11) is 0. The van der Waals surface area contributed by atoms with Crippen LogP contribution in [-0.4, -0.2) is 67.0 Å². The van der Waals surface area contributed by atoms with Gasteiger partial charge in [0.2, 0.25) is 0 Å². The third-order valence-electron chi connectivity index (χ3n) is 3.65. The van der Waals surface area contributed by atoms with E-state index in [4.69, 9.17) is 40.1 Å². The van der Waals surface area contributed by atoms with Crippen LogP contribution < -0.4 is 40.1 Å². The molecular formula is C16H31N9O6. The van der Waals surface area contributed by atoms with Gasteiger partial charge in [-0.3, -0.25) is 14.8 Å². The van der Waals surface area contributed by atoms with E-state index in [9.17, 15) is 19.2 Å². The van der Waals surface area contributed by atoms with Crippen molar-refractivity contribution in [2.24, 2.45) is 50.1 Å².